The van der Waals surface area contributed by atoms with Crippen molar-refractivity contribution in [1.29, 1.82) is 0 Å². The second-order valence-corrected chi connectivity index (χ2v) is 5.83. The van der Waals surface area contributed by atoms with Gasteiger partial charge in [0.25, 0.3) is 0 Å². The van der Waals surface area contributed by atoms with Crippen LogP contribution in [0.25, 0.3) is 0 Å². The second-order valence-electron chi connectivity index (χ2n) is 5.83. The number of ether oxygens (including phenoxy) is 1. The molecule has 0 atom stereocenters. The van der Waals surface area contributed by atoms with Crippen molar-refractivity contribution in [2.45, 2.75) is 26.7 Å². The first-order valence-electron chi connectivity index (χ1n) is 7.18. The molecule has 0 aliphatic heterocycles. The molecular formula is C14H26N2O4. The summed E-state index contributed by atoms with van der Waals surface area (Å²) in [6, 6.07) is -0.190. The Hall–Kier alpha value is -1.30. The Morgan fingerprint density at radius 2 is 1.95 bits per heavy atom. The third-order valence-electron chi connectivity index (χ3n) is 3.19. The molecule has 2 amide bonds. The van der Waals surface area contributed by atoms with Gasteiger partial charge in [-0.15, -0.1) is 0 Å². The molecular weight excluding hydrogens is 260 g/mol. The molecule has 0 bridgehead atoms. The zero-order valence-corrected chi connectivity index (χ0v) is 12.7. The predicted molar refractivity (Wildman–Crippen MR) is 75.6 cm³/mol. The Bertz CT molecular complexity index is 329. The fourth-order valence-electron chi connectivity index (χ4n) is 2.09. The Kier molecular flexibility index (Phi) is 6.78. The van der Waals surface area contributed by atoms with E-state index in [1.54, 1.807) is 12.0 Å². The van der Waals surface area contributed by atoms with E-state index in [-0.39, 0.29) is 12.6 Å². The van der Waals surface area contributed by atoms with Gasteiger partial charge in [0.15, 0.2) is 0 Å². The molecule has 1 N–H and O–H groups in total. The summed E-state index contributed by atoms with van der Waals surface area (Å²) >= 11 is 0. The van der Waals surface area contributed by atoms with Crippen molar-refractivity contribution >= 4 is 12.0 Å². The van der Waals surface area contributed by atoms with E-state index >= 15 is 0 Å². The Morgan fingerprint density at radius 3 is 2.40 bits per heavy atom. The van der Waals surface area contributed by atoms with Gasteiger partial charge in [-0.05, 0) is 24.7 Å². The van der Waals surface area contributed by atoms with Crippen LogP contribution in [-0.4, -0.2) is 66.8 Å². The van der Waals surface area contributed by atoms with Crippen molar-refractivity contribution in [1.82, 2.24) is 9.80 Å². The van der Waals surface area contributed by atoms with Gasteiger partial charge < -0.3 is 19.6 Å². The summed E-state index contributed by atoms with van der Waals surface area (Å²) in [5.74, 6) is -0.153. The summed E-state index contributed by atoms with van der Waals surface area (Å²) in [5, 5.41) is 8.97. The molecule has 0 saturated heterocycles. The van der Waals surface area contributed by atoms with Crippen LogP contribution in [0.3, 0.4) is 0 Å². The highest BCUT2D eigenvalue weighted by Gasteiger charge is 2.30. The van der Waals surface area contributed by atoms with E-state index in [9.17, 15) is 9.59 Å². The van der Waals surface area contributed by atoms with Gasteiger partial charge in [-0.3, -0.25) is 4.79 Å². The normalized spacial score (nSPS) is 14.4. The van der Waals surface area contributed by atoms with Crippen LogP contribution in [0, 0.1) is 11.8 Å². The first-order valence-corrected chi connectivity index (χ1v) is 7.18. The lowest BCUT2D eigenvalue weighted by atomic mass is 10.2. The van der Waals surface area contributed by atoms with Crippen molar-refractivity contribution in [2.24, 2.45) is 11.8 Å². The maximum absolute atomic E-state index is 12.5. The first kappa shape index (κ1) is 16.8. The highest BCUT2D eigenvalue weighted by atomic mass is 16.5. The smallest absolute Gasteiger partial charge is 0.323 e. The van der Waals surface area contributed by atoms with E-state index in [0.717, 1.165) is 12.8 Å². The maximum atomic E-state index is 12.5. The summed E-state index contributed by atoms with van der Waals surface area (Å²) in [4.78, 5) is 26.6. The molecule has 0 spiro atoms. The van der Waals surface area contributed by atoms with Crippen LogP contribution in [0.15, 0.2) is 0 Å². The minimum atomic E-state index is -0.963. The van der Waals surface area contributed by atoms with Gasteiger partial charge in [-0.2, -0.15) is 0 Å². The molecule has 0 heterocycles. The lowest BCUT2D eigenvalue weighted by Gasteiger charge is -2.31. The predicted octanol–water partition coefficient (Wildman–Crippen LogP) is 1.51. The van der Waals surface area contributed by atoms with Crippen LogP contribution in [0.1, 0.15) is 26.7 Å². The van der Waals surface area contributed by atoms with Crippen LogP contribution >= 0.6 is 0 Å². The largest absolute Gasteiger partial charge is 0.480 e. The second kappa shape index (κ2) is 8.09. The summed E-state index contributed by atoms with van der Waals surface area (Å²) in [6.07, 6.45) is 2.18. The number of rotatable bonds is 9. The van der Waals surface area contributed by atoms with E-state index < -0.39 is 5.97 Å². The molecule has 0 radical (unpaired) electrons. The van der Waals surface area contributed by atoms with Gasteiger partial charge in [0.2, 0.25) is 0 Å². The number of amides is 2. The summed E-state index contributed by atoms with van der Waals surface area (Å²) in [6.45, 7) is 5.97. The highest BCUT2D eigenvalue weighted by molar-refractivity contribution is 5.80. The molecule has 1 saturated carbocycles. The Balaban J connectivity index is 2.66. The molecule has 116 valence electrons. The molecule has 0 aromatic carbocycles. The quantitative estimate of drug-likeness (QED) is 0.697. The van der Waals surface area contributed by atoms with Gasteiger partial charge in [-0.1, -0.05) is 13.8 Å². The van der Waals surface area contributed by atoms with Crippen molar-refractivity contribution in [3.8, 4) is 0 Å². The number of hydrogen-bond acceptors (Lipinski definition) is 3. The molecule has 20 heavy (non-hydrogen) atoms. The summed E-state index contributed by atoms with van der Waals surface area (Å²) < 4.78 is 5.03. The fourth-order valence-corrected chi connectivity index (χ4v) is 2.09. The minimum Gasteiger partial charge on any atom is -0.480 e. The molecule has 1 aliphatic carbocycles. The number of carbonyl (C=O) groups is 2. The monoisotopic (exact) mass is 286 g/mol. The number of aliphatic carboxylic acids is 1. The zero-order valence-electron chi connectivity index (χ0n) is 12.7. The van der Waals surface area contributed by atoms with E-state index in [1.165, 1.54) is 4.90 Å². The number of hydrogen-bond donors (Lipinski definition) is 1. The van der Waals surface area contributed by atoms with Gasteiger partial charge >= 0.3 is 12.0 Å². The number of carboxylic acid groups (broad SMARTS) is 1. The third kappa shape index (κ3) is 6.23. The number of carbonyl (C=O) groups excluding carboxylic acids is 1. The number of carboxylic acids is 1. The maximum Gasteiger partial charge on any atom is 0.323 e. The first-order chi connectivity index (χ1) is 9.43. The number of urea groups is 1. The molecule has 1 aliphatic rings. The highest BCUT2D eigenvalue weighted by Crippen LogP contribution is 2.30. The SMILES string of the molecule is COCCN(CC(C)C)C(=O)N(CC(=O)O)CC1CC1. The minimum absolute atomic E-state index is 0.190. The zero-order chi connectivity index (χ0) is 15.1. The van der Waals surface area contributed by atoms with E-state index in [1.807, 2.05) is 13.8 Å². The van der Waals surface area contributed by atoms with Crippen molar-refractivity contribution in [3.63, 3.8) is 0 Å². The van der Waals surface area contributed by atoms with E-state index in [4.69, 9.17) is 9.84 Å². The molecule has 0 aromatic heterocycles. The van der Waals surface area contributed by atoms with Crippen LogP contribution < -0.4 is 0 Å². The molecule has 6 nitrogen and oxygen atoms in total. The van der Waals surface area contributed by atoms with Gasteiger partial charge in [0, 0.05) is 26.7 Å². The van der Waals surface area contributed by atoms with Crippen LogP contribution in [0.4, 0.5) is 4.79 Å². The van der Waals surface area contributed by atoms with Crippen molar-refractivity contribution in [2.75, 3.05) is 39.9 Å². The van der Waals surface area contributed by atoms with Crippen molar-refractivity contribution < 1.29 is 19.4 Å². The van der Waals surface area contributed by atoms with E-state index in [0.29, 0.717) is 38.1 Å². The molecule has 0 unspecified atom stereocenters. The third-order valence-corrected chi connectivity index (χ3v) is 3.19. The van der Waals surface area contributed by atoms with Gasteiger partial charge in [0.1, 0.15) is 6.54 Å². The Labute approximate surface area is 120 Å². The lowest BCUT2D eigenvalue weighted by Crippen LogP contribution is -2.48. The molecule has 1 fully saturated rings. The Morgan fingerprint density at radius 1 is 1.30 bits per heavy atom. The van der Waals surface area contributed by atoms with Gasteiger partial charge in [0.05, 0.1) is 6.61 Å². The topological polar surface area (TPSA) is 70.1 Å². The average Bonchev–Trinajstić information content (AvgIpc) is 3.15. The standard InChI is InChI=1S/C14H26N2O4/c1-11(2)8-15(6-7-20-3)14(19)16(10-13(17)18)9-12-4-5-12/h11-12H,4-10H2,1-3H3,(H,17,18). The van der Waals surface area contributed by atoms with Crippen LogP contribution in [-0.2, 0) is 9.53 Å². The lowest BCUT2D eigenvalue weighted by molar-refractivity contribution is -0.137. The number of nitrogens with zero attached hydrogens (tertiary/aromatic N) is 2. The molecule has 6 heteroatoms. The van der Waals surface area contributed by atoms with Crippen molar-refractivity contribution in [3.05, 3.63) is 0 Å². The fraction of sp³-hybridized carbons (Fsp3) is 0.857. The summed E-state index contributed by atoms with van der Waals surface area (Å²) in [5.41, 5.74) is 0. The van der Waals surface area contributed by atoms with Gasteiger partial charge in [-0.25, -0.2) is 4.79 Å². The van der Waals surface area contributed by atoms with Crippen LogP contribution in [0.2, 0.25) is 0 Å². The summed E-state index contributed by atoms with van der Waals surface area (Å²) in [7, 11) is 1.59. The molecule has 1 rings (SSSR count). The van der Waals surface area contributed by atoms with E-state index in [2.05, 4.69) is 0 Å². The molecule has 0 aromatic rings. The number of methoxy groups -OCH3 is 1. The van der Waals surface area contributed by atoms with Crippen LogP contribution in [0.5, 0.6) is 0 Å². The average molecular weight is 286 g/mol.